The van der Waals surface area contributed by atoms with Gasteiger partial charge in [0.15, 0.2) is 17.9 Å². The molecular weight excluding hydrogens is 550 g/mol. The van der Waals surface area contributed by atoms with E-state index in [1.807, 2.05) is 13.8 Å². The number of hydrogen-bond acceptors (Lipinski definition) is 12. The first-order valence-corrected chi connectivity index (χ1v) is 13.8. The molecule has 0 aromatic heterocycles. The van der Waals surface area contributed by atoms with Gasteiger partial charge in [-0.2, -0.15) is 0 Å². The van der Waals surface area contributed by atoms with Crippen molar-refractivity contribution in [1.82, 2.24) is 5.32 Å². The fourth-order valence-corrected chi connectivity index (χ4v) is 6.31. The highest BCUT2D eigenvalue weighted by molar-refractivity contribution is 6.31. The van der Waals surface area contributed by atoms with Gasteiger partial charge < -0.3 is 45.1 Å². The predicted molar refractivity (Wildman–Crippen MR) is 146 cm³/mol. The smallest absolute Gasteiger partial charge is 0.202 e. The van der Waals surface area contributed by atoms with Crippen LogP contribution in [0.3, 0.4) is 0 Å². The summed E-state index contributed by atoms with van der Waals surface area (Å²) in [5, 5.41) is 57.9. The van der Waals surface area contributed by atoms with Crippen LogP contribution in [0.4, 0.5) is 0 Å². The minimum absolute atomic E-state index is 0.0224. The van der Waals surface area contributed by atoms with Crippen LogP contribution in [0.2, 0.25) is 0 Å². The summed E-state index contributed by atoms with van der Waals surface area (Å²) in [4.78, 5) is 40.1. The zero-order valence-corrected chi connectivity index (χ0v) is 23.7. The fraction of sp³-hybridized carbons (Fsp3) is 0.500. The van der Waals surface area contributed by atoms with Gasteiger partial charge in [-0.3, -0.25) is 14.4 Å². The van der Waals surface area contributed by atoms with Crippen molar-refractivity contribution >= 4 is 17.3 Å². The van der Waals surface area contributed by atoms with Crippen molar-refractivity contribution in [2.24, 2.45) is 0 Å². The maximum Gasteiger partial charge on any atom is 0.202 e. The summed E-state index contributed by atoms with van der Waals surface area (Å²) in [6.45, 7) is 4.47. The number of benzene rings is 2. The van der Waals surface area contributed by atoms with Crippen LogP contribution < -0.4 is 10.1 Å². The van der Waals surface area contributed by atoms with Gasteiger partial charge in [0, 0.05) is 48.0 Å². The van der Waals surface area contributed by atoms with E-state index in [9.17, 15) is 39.9 Å². The molecule has 0 spiro atoms. The molecule has 1 aliphatic heterocycles. The van der Waals surface area contributed by atoms with E-state index >= 15 is 0 Å². The molecule has 0 saturated carbocycles. The van der Waals surface area contributed by atoms with Crippen molar-refractivity contribution in [2.45, 2.75) is 82.3 Å². The first-order valence-electron chi connectivity index (χ1n) is 13.8. The van der Waals surface area contributed by atoms with Gasteiger partial charge >= 0.3 is 0 Å². The summed E-state index contributed by atoms with van der Waals surface area (Å²) in [6.07, 6.45) is -4.71. The number of ketones is 3. The van der Waals surface area contributed by atoms with Crippen LogP contribution in [0.1, 0.15) is 82.7 Å². The highest BCUT2D eigenvalue weighted by atomic mass is 16.7. The maximum absolute atomic E-state index is 13.8. The number of rotatable bonds is 7. The molecule has 6 N–H and O–H groups in total. The largest absolute Gasteiger partial charge is 0.507 e. The van der Waals surface area contributed by atoms with Crippen molar-refractivity contribution in [3.05, 3.63) is 51.6 Å². The van der Waals surface area contributed by atoms with Crippen LogP contribution in [-0.4, -0.2) is 92.8 Å². The standard InChI is InChI=1S/C30H35NO11/c1-12(2)31-16-8-20(41-13(3)25(16)34)42-18-10-30(39,19(33)11-32)9-15-22(18)29(38)24-23(27(15)36)26(35)14-6-5-7-17(40-4)21(14)28(24)37/h5-7,12-13,16,18,20,25,31-32,34,36,38-39H,8-11H2,1-4H3/t13-,16-,18-,20-,25+,30-/m0/s1. The predicted octanol–water partition coefficient (Wildman–Crippen LogP) is 1.04. The average Bonchev–Trinajstić information content (AvgIpc) is 2.94. The lowest BCUT2D eigenvalue weighted by Crippen LogP contribution is -2.56. The molecule has 2 aromatic carbocycles. The molecule has 0 unspecified atom stereocenters. The van der Waals surface area contributed by atoms with Gasteiger partial charge in [0.05, 0.1) is 42.1 Å². The van der Waals surface area contributed by atoms with Gasteiger partial charge in [0.1, 0.15) is 29.5 Å². The molecule has 0 radical (unpaired) electrons. The maximum atomic E-state index is 13.8. The topological polar surface area (TPSA) is 192 Å². The number of phenols is 2. The van der Waals surface area contributed by atoms with E-state index in [-0.39, 0.29) is 40.5 Å². The van der Waals surface area contributed by atoms with Crippen molar-refractivity contribution < 1.29 is 54.1 Å². The minimum atomic E-state index is -2.23. The second-order valence-corrected chi connectivity index (χ2v) is 11.4. The number of fused-ring (bicyclic) bond motifs is 3. The third-order valence-corrected chi connectivity index (χ3v) is 8.31. The third-order valence-electron chi connectivity index (χ3n) is 8.31. The van der Waals surface area contributed by atoms with Crippen LogP contribution in [0, 0.1) is 0 Å². The zero-order chi connectivity index (χ0) is 30.7. The Balaban J connectivity index is 1.65. The summed E-state index contributed by atoms with van der Waals surface area (Å²) in [7, 11) is 1.33. The van der Waals surface area contributed by atoms with Gasteiger partial charge in [-0.25, -0.2) is 0 Å². The van der Waals surface area contributed by atoms with E-state index in [2.05, 4.69) is 5.32 Å². The summed E-state index contributed by atoms with van der Waals surface area (Å²) < 4.78 is 17.4. The number of nitrogens with one attached hydrogen (secondary N) is 1. The minimum Gasteiger partial charge on any atom is -0.507 e. The Morgan fingerprint density at radius 1 is 1.14 bits per heavy atom. The van der Waals surface area contributed by atoms with E-state index in [0.717, 1.165) is 0 Å². The van der Waals surface area contributed by atoms with Gasteiger partial charge in [0.2, 0.25) is 5.78 Å². The van der Waals surface area contributed by atoms with Gasteiger partial charge in [-0.15, -0.1) is 0 Å². The van der Waals surface area contributed by atoms with E-state index in [4.69, 9.17) is 14.2 Å². The van der Waals surface area contributed by atoms with Crippen molar-refractivity contribution in [3.8, 4) is 17.2 Å². The lowest BCUT2D eigenvalue weighted by Gasteiger charge is -2.43. The Bertz CT molecular complexity index is 1450. The second-order valence-electron chi connectivity index (χ2n) is 11.4. The Hall–Kier alpha value is -3.39. The quantitative estimate of drug-likeness (QED) is 0.216. The number of Topliss-reactive ketones (excluding diaryl/α,β-unsaturated/α-hetero) is 1. The molecular formula is C30H35NO11. The van der Waals surface area contributed by atoms with Crippen molar-refractivity contribution in [1.29, 1.82) is 0 Å². The first-order chi connectivity index (χ1) is 19.8. The number of carbonyl (C=O) groups is 3. The zero-order valence-electron chi connectivity index (χ0n) is 23.7. The molecule has 2 aromatic rings. The van der Waals surface area contributed by atoms with Crippen LogP contribution >= 0.6 is 0 Å². The highest BCUT2D eigenvalue weighted by Gasteiger charge is 2.50. The number of phenolic OH excluding ortho intramolecular Hbond substituents is 2. The third kappa shape index (κ3) is 4.77. The molecule has 12 nitrogen and oxygen atoms in total. The number of aliphatic hydroxyl groups excluding tert-OH is 2. The first kappa shape index (κ1) is 30.1. The Labute approximate surface area is 241 Å². The second kappa shape index (κ2) is 11.0. The molecule has 1 fully saturated rings. The molecule has 3 aliphatic rings. The Morgan fingerprint density at radius 3 is 2.48 bits per heavy atom. The molecule has 5 rings (SSSR count). The molecule has 1 heterocycles. The normalized spacial score (nSPS) is 28.7. The van der Waals surface area contributed by atoms with Crippen LogP contribution in [0.25, 0.3) is 0 Å². The average molecular weight is 586 g/mol. The lowest BCUT2D eigenvalue weighted by molar-refractivity contribution is -0.250. The Kier molecular flexibility index (Phi) is 7.90. The summed E-state index contributed by atoms with van der Waals surface area (Å²) in [6, 6.07) is 3.98. The van der Waals surface area contributed by atoms with Gasteiger partial charge in [0.25, 0.3) is 0 Å². The van der Waals surface area contributed by atoms with E-state index in [1.54, 1.807) is 6.92 Å². The van der Waals surface area contributed by atoms with E-state index < -0.39 is 95.7 Å². The van der Waals surface area contributed by atoms with Gasteiger partial charge in [-0.1, -0.05) is 26.0 Å². The van der Waals surface area contributed by atoms with Crippen molar-refractivity contribution in [3.63, 3.8) is 0 Å². The molecule has 0 amide bonds. The number of aromatic hydroxyl groups is 2. The lowest BCUT2D eigenvalue weighted by atomic mass is 9.72. The highest BCUT2D eigenvalue weighted by Crippen LogP contribution is 2.52. The van der Waals surface area contributed by atoms with Crippen LogP contribution in [-0.2, 0) is 20.7 Å². The SMILES string of the molecule is COc1cccc2c1C(=O)c1c(O)c3c(c(O)c1C2=O)C[C@@](O)(C(=O)CO)C[C@@H]3O[C@H]1C[C@H](NC(C)C)[C@H](O)[C@H](C)O1. The number of carbonyl (C=O) groups excluding carboxylic acids is 3. The van der Waals surface area contributed by atoms with E-state index in [0.29, 0.717) is 0 Å². The molecule has 2 aliphatic carbocycles. The number of aliphatic hydroxyl groups is 3. The number of methoxy groups -OCH3 is 1. The van der Waals surface area contributed by atoms with Gasteiger partial charge in [-0.05, 0) is 13.0 Å². The Morgan fingerprint density at radius 2 is 1.83 bits per heavy atom. The summed E-state index contributed by atoms with van der Waals surface area (Å²) >= 11 is 0. The molecule has 12 heteroatoms. The summed E-state index contributed by atoms with van der Waals surface area (Å²) in [5.74, 6) is -3.69. The number of ether oxygens (including phenoxy) is 3. The fourth-order valence-electron chi connectivity index (χ4n) is 6.31. The molecule has 0 bridgehead atoms. The van der Waals surface area contributed by atoms with E-state index in [1.165, 1.54) is 25.3 Å². The molecule has 6 atom stereocenters. The van der Waals surface area contributed by atoms with Crippen molar-refractivity contribution in [2.75, 3.05) is 13.7 Å². The monoisotopic (exact) mass is 585 g/mol. The van der Waals surface area contributed by atoms with Crippen LogP contribution in [0.5, 0.6) is 17.2 Å². The number of hydrogen-bond donors (Lipinski definition) is 6. The molecule has 42 heavy (non-hydrogen) atoms. The summed E-state index contributed by atoms with van der Waals surface area (Å²) in [5.41, 5.74) is -3.52. The molecule has 1 saturated heterocycles. The van der Waals surface area contributed by atoms with Crippen LogP contribution in [0.15, 0.2) is 18.2 Å². The molecule has 226 valence electrons.